The van der Waals surface area contributed by atoms with Crippen LogP contribution < -0.4 is 0 Å². The Morgan fingerprint density at radius 2 is 1.61 bits per heavy atom. The fraction of sp³-hybridized carbons (Fsp3) is 0.654. The first-order chi connectivity index (χ1) is 16.2. The van der Waals surface area contributed by atoms with E-state index in [2.05, 4.69) is 32.9 Å². The number of carbonyl (C=O) groups is 2. The largest absolute Gasteiger partial charge is 0.342 e. The highest BCUT2D eigenvalue weighted by Crippen LogP contribution is 2.33. The van der Waals surface area contributed by atoms with Gasteiger partial charge >= 0.3 is 0 Å². The molecule has 5 rings (SSSR count). The number of likely N-dealkylation sites (tertiary alicyclic amines) is 3. The molecular formula is C26H36N4O2S. The average Bonchev–Trinajstić information content (AvgIpc) is 3.11. The number of fused-ring (bicyclic) bond motifs is 1. The second-order valence-corrected chi connectivity index (χ2v) is 11.1. The van der Waals surface area contributed by atoms with Crippen molar-refractivity contribution in [3.8, 4) is 0 Å². The van der Waals surface area contributed by atoms with Crippen LogP contribution in [-0.2, 0) is 9.59 Å². The number of carbonyl (C=O) groups excluding carboxylic acids is 2. The standard InChI is InChI=1S/C26H36N4O2S/c31-24(19-28-16-11-20(12-17-28)26(32)29-13-5-1-2-6-14-29)30-15-7-8-21(18-30)25-27-22-9-3-4-10-23(22)33-25/h3-4,9-10,20-21H,1-2,5-8,11-19H2/t21-/m0/s1. The SMILES string of the molecule is O=C(CN1CCC(C(=O)N2CCCCCC2)CC1)N1CCC[C@H](c2nc3ccccc3s2)C1. The zero-order valence-corrected chi connectivity index (χ0v) is 20.4. The highest BCUT2D eigenvalue weighted by molar-refractivity contribution is 7.18. The third-order valence-electron chi connectivity index (χ3n) is 7.65. The summed E-state index contributed by atoms with van der Waals surface area (Å²) in [6, 6.07) is 8.30. The maximum absolute atomic E-state index is 13.1. The van der Waals surface area contributed by atoms with E-state index in [0.29, 0.717) is 18.4 Å². The summed E-state index contributed by atoms with van der Waals surface area (Å²) < 4.78 is 1.23. The second kappa shape index (κ2) is 10.5. The number of hydrogen-bond donors (Lipinski definition) is 0. The number of rotatable bonds is 4. The first-order valence-electron chi connectivity index (χ1n) is 12.8. The number of thiazole rings is 1. The fourth-order valence-corrected chi connectivity index (χ4v) is 6.74. The van der Waals surface area contributed by atoms with Crippen LogP contribution in [0, 0.1) is 5.92 Å². The van der Waals surface area contributed by atoms with Crippen LogP contribution in [0.5, 0.6) is 0 Å². The van der Waals surface area contributed by atoms with Crippen LogP contribution in [0.1, 0.15) is 62.3 Å². The van der Waals surface area contributed by atoms with Gasteiger partial charge in [0.05, 0.1) is 21.8 Å². The highest BCUT2D eigenvalue weighted by atomic mass is 32.1. The van der Waals surface area contributed by atoms with Gasteiger partial charge in [0.25, 0.3) is 0 Å². The number of benzene rings is 1. The van der Waals surface area contributed by atoms with E-state index >= 15 is 0 Å². The van der Waals surface area contributed by atoms with Gasteiger partial charge in [-0.2, -0.15) is 0 Å². The number of hydrogen-bond acceptors (Lipinski definition) is 5. The van der Waals surface area contributed by atoms with Crippen LogP contribution in [0.15, 0.2) is 24.3 Å². The molecule has 1 atom stereocenters. The third kappa shape index (κ3) is 5.40. The van der Waals surface area contributed by atoms with Gasteiger partial charge < -0.3 is 9.80 Å². The zero-order chi connectivity index (χ0) is 22.6. The zero-order valence-electron chi connectivity index (χ0n) is 19.6. The van der Waals surface area contributed by atoms with Crippen molar-refractivity contribution in [2.45, 2.75) is 57.3 Å². The van der Waals surface area contributed by atoms with E-state index in [4.69, 9.17) is 4.98 Å². The molecule has 2 amide bonds. The molecule has 0 spiro atoms. The van der Waals surface area contributed by atoms with E-state index in [0.717, 1.165) is 83.3 Å². The lowest BCUT2D eigenvalue weighted by Gasteiger charge is -2.36. The normalized spacial score (nSPS) is 23.6. The Balaban J connectivity index is 1.11. The smallest absolute Gasteiger partial charge is 0.236 e. The molecule has 0 N–H and O–H groups in total. The molecule has 0 unspecified atom stereocenters. The van der Waals surface area contributed by atoms with E-state index < -0.39 is 0 Å². The van der Waals surface area contributed by atoms with Crippen molar-refractivity contribution < 1.29 is 9.59 Å². The lowest BCUT2D eigenvalue weighted by Crippen LogP contribution is -2.48. The molecule has 0 bridgehead atoms. The van der Waals surface area contributed by atoms with E-state index in [9.17, 15) is 9.59 Å². The molecule has 33 heavy (non-hydrogen) atoms. The number of nitrogens with zero attached hydrogens (tertiary/aromatic N) is 4. The Morgan fingerprint density at radius 3 is 2.36 bits per heavy atom. The summed E-state index contributed by atoms with van der Waals surface area (Å²) in [6.45, 7) is 5.69. The number of para-hydroxylation sites is 1. The molecule has 4 heterocycles. The molecular weight excluding hydrogens is 432 g/mol. The molecule has 0 radical (unpaired) electrons. The minimum atomic E-state index is 0.146. The van der Waals surface area contributed by atoms with E-state index in [1.54, 1.807) is 11.3 Å². The summed E-state index contributed by atoms with van der Waals surface area (Å²) in [5.41, 5.74) is 1.07. The molecule has 0 aliphatic carbocycles. The molecule has 0 saturated carbocycles. The number of aromatic nitrogens is 1. The van der Waals surface area contributed by atoms with Gasteiger partial charge in [-0.25, -0.2) is 4.98 Å². The predicted molar refractivity (Wildman–Crippen MR) is 132 cm³/mol. The Bertz CT molecular complexity index is 927. The molecule has 6 nitrogen and oxygen atoms in total. The Labute approximate surface area is 200 Å². The first kappa shape index (κ1) is 22.8. The topological polar surface area (TPSA) is 56.8 Å². The molecule has 3 aliphatic heterocycles. The van der Waals surface area contributed by atoms with Crippen LogP contribution in [-0.4, -0.2) is 77.3 Å². The molecule has 2 aromatic rings. The number of amides is 2. The van der Waals surface area contributed by atoms with Crippen molar-refractivity contribution in [2.75, 3.05) is 45.8 Å². The molecule has 3 fully saturated rings. The van der Waals surface area contributed by atoms with E-state index in [1.165, 1.54) is 22.5 Å². The van der Waals surface area contributed by atoms with Gasteiger partial charge in [0.15, 0.2) is 0 Å². The van der Waals surface area contributed by atoms with Crippen molar-refractivity contribution in [1.82, 2.24) is 19.7 Å². The van der Waals surface area contributed by atoms with Crippen LogP contribution in [0.3, 0.4) is 0 Å². The van der Waals surface area contributed by atoms with Crippen LogP contribution >= 0.6 is 11.3 Å². The van der Waals surface area contributed by atoms with Crippen molar-refractivity contribution in [1.29, 1.82) is 0 Å². The van der Waals surface area contributed by atoms with Crippen molar-refractivity contribution in [2.24, 2.45) is 5.92 Å². The maximum Gasteiger partial charge on any atom is 0.236 e. The second-order valence-electron chi connectivity index (χ2n) is 9.99. The summed E-state index contributed by atoms with van der Waals surface area (Å²) in [5.74, 6) is 1.08. The Morgan fingerprint density at radius 1 is 0.879 bits per heavy atom. The molecule has 1 aromatic carbocycles. The van der Waals surface area contributed by atoms with Gasteiger partial charge in [0.1, 0.15) is 0 Å². The van der Waals surface area contributed by atoms with E-state index in [1.807, 2.05) is 6.07 Å². The van der Waals surface area contributed by atoms with Crippen LogP contribution in [0.25, 0.3) is 10.2 Å². The monoisotopic (exact) mass is 468 g/mol. The first-order valence-corrected chi connectivity index (χ1v) is 13.6. The lowest BCUT2D eigenvalue weighted by atomic mass is 9.95. The van der Waals surface area contributed by atoms with Crippen molar-refractivity contribution in [3.05, 3.63) is 29.3 Å². The minimum absolute atomic E-state index is 0.146. The molecule has 3 aliphatic rings. The summed E-state index contributed by atoms with van der Waals surface area (Å²) in [7, 11) is 0. The molecule has 3 saturated heterocycles. The van der Waals surface area contributed by atoms with Gasteiger partial charge in [-0.1, -0.05) is 25.0 Å². The number of piperidine rings is 2. The summed E-state index contributed by atoms with van der Waals surface area (Å²) in [5, 5.41) is 1.17. The molecule has 1 aromatic heterocycles. The quantitative estimate of drug-likeness (QED) is 0.677. The van der Waals surface area contributed by atoms with Crippen LogP contribution in [0.4, 0.5) is 0 Å². The average molecular weight is 469 g/mol. The lowest BCUT2D eigenvalue weighted by molar-refractivity contribution is -0.137. The third-order valence-corrected chi connectivity index (χ3v) is 8.85. The van der Waals surface area contributed by atoms with E-state index in [-0.39, 0.29) is 11.8 Å². The van der Waals surface area contributed by atoms with Crippen molar-refractivity contribution >= 4 is 33.4 Å². The van der Waals surface area contributed by atoms with Gasteiger partial charge in [-0.15, -0.1) is 11.3 Å². The predicted octanol–water partition coefficient (Wildman–Crippen LogP) is 4.12. The Kier molecular flexibility index (Phi) is 7.26. The molecule has 178 valence electrons. The summed E-state index contributed by atoms with van der Waals surface area (Å²) >= 11 is 1.77. The van der Waals surface area contributed by atoms with Gasteiger partial charge in [0, 0.05) is 38.0 Å². The summed E-state index contributed by atoms with van der Waals surface area (Å²) in [6.07, 6.45) is 8.71. The maximum atomic E-state index is 13.1. The molecule has 7 heteroatoms. The van der Waals surface area contributed by atoms with Gasteiger partial charge in [-0.3, -0.25) is 14.5 Å². The van der Waals surface area contributed by atoms with Crippen molar-refractivity contribution in [3.63, 3.8) is 0 Å². The minimum Gasteiger partial charge on any atom is -0.342 e. The van der Waals surface area contributed by atoms with Gasteiger partial charge in [0.2, 0.25) is 11.8 Å². The van der Waals surface area contributed by atoms with Crippen LogP contribution in [0.2, 0.25) is 0 Å². The fourth-order valence-electron chi connectivity index (χ4n) is 5.65. The Hall–Kier alpha value is -1.99. The highest BCUT2D eigenvalue weighted by Gasteiger charge is 2.31. The van der Waals surface area contributed by atoms with Gasteiger partial charge in [-0.05, 0) is 63.7 Å². The summed E-state index contributed by atoms with van der Waals surface area (Å²) in [4.78, 5) is 37.3.